The van der Waals surface area contributed by atoms with Gasteiger partial charge in [0.05, 0.1) is 0 Å². The molecular weight excluding hydrogens is 643 g/mol. The van der Waals surface area contributed by atoms with E-state index in [1.54, 1.807) is 0 Å². The van der Waals surface area contributed by atoms with Crippen molar-refractivity contribution in [2.75, 3.05) is 9.80 Å². The van der Waals surface area contributed by atoms with Crippen molar-refractivity contribution in [2.45, 2.75) is 111 Å². The van der Waals surface area contributed by atoms with Crippen LogP contribution >= 0.6 is 0 Å². The summed E-state index contributed by atoms with van der Waals surface area (Å²) in [6.45, 7) is 25.7. The van der Waals surface area contributed by atoms with Crippen molar-refractivity contribution in [1.82, 2.24) is 0 Å². The van der Waals surface area contributed by atoms with E-state index >= 15 is 0 Å². The fourth-order valence-corrected chi connectivity index (χ4v) is 9.41. The number of benzene rings is 5. The summed E-state index contributed by atoms with van der Waals surface area (Å²) in [6.07, 6.45) is 2.36. The quantitative estimate of drug-likeness (QED) is 0.168. The number of fused-ring (bicyclic) bond motifs is 7. The van der Waals surface area contributed by atoms with E-state index in [-0.39, 0.29) is 28.4 Å². The zero-order valence-corrected chi connectivity index (χ0v) is 33.5. The number of hydrogen-bond acceptors (Lipinski definition) is 3. The van der Waals surface area contributed by atoms with Gasteiger partial charge in [0.1, 0.15) is 5.58 Å². The molecule has 6 aromatic rings. The third-order valence-corrected chi connectivity index (χ3v) is 12.7. The second-order valence-electron chi connectivity index (χ2n) is 19.5. The molecule has 1 aromatic heterocycles. The van der Waals surface area contributed by atoms with Gasteiger partial charge in [-0.25, -0.2) is 0 Å². The molecule has 2 aliphatic heterocycles. The van der Waals surface area contributed by atoms with E-state index in [9.17, 15) is 0 Å². The number of hydrogen-bond donors (Lipinski definition) is 0. The predicted molar refractivity (Wildman–Crippen MR) is 228 cm³/mol. The zero-order valence-electron chi connectivity index (χ0n) is 33.5. The van der Waals surface area contributed by atoms with Gasteiger partial charge in [0.15, 0.2) is 0 Å². The fraction of sp³-hybridized carbons (Fsp3) is 0.347. The summed E-state index contributed by atoms with van der Waals surface area (Å²) < 4.78 is 7.13. The lowest BCUT2D eigenvalue weighted by molar-refractivity contribution is 0.332. The highest BCUT2D eigenvalue weighted by atomic mass is 16.4. The van der Waals surface area contributed by atoms with Crippen LogP contribution in [-0.4, -0.2) is 6.71 Å². The number of furan rings is 1. The molecule has 0 bridgehead atoms. The van der Waals surface area contributed by atoms with Crippen molar-refractivity contribution in [1.29, 1.82) is 0 Å². The van der Waals surface area contributed by atoms with Crippen molar-refractivity contribution in [2.24, 2.45) is 0 Å². The topological polar surface area (TPSA) is 19.6 Å². The molecule has 5 aromatic carbocycles. The van der Waals surface area contributed by atoms with Crippen LogP contribution in [0.15, 0.2) is 101 Å². The molecule has 53 heavy (non-hydrogen) atoms. The molecule has 0 atom stereocenters. The molecule has 0 unspecified atom stereocenters. The standard InChI is InChI=1S/C49H53BN2O/c1-30-15-23-39-38(27-30)50-43-35-28-32(47(5,6)7)18-24-42(35)53-45(43)52(34-21-22-36-37(29-34)49(10,11)26-25-48(36,8)9)41-14-12-13-40(44(41)50)51(39)33-19-16-31(17-20-33)46(2,3)4/h12-24,27-29H,25-26H2,1-11H3. The molecule has 3 heterocycles. The average molecular weight is 697 g/mol. The first-order valence-electron chi connectivity index (χ1n) is 19.6. The molecule has 0 saturated carbocycles. The summed E-state index contributed by atoms with van der Waals surface area (Å²) >= 11 is 0. The van der Waals surface area contributed by atoms with Gasteiger partial charge in [-0.05, 0) is 129 Å². The molecule has 3 aliphatic rings. The summed E-state index contributed by atoms with van der Waals surface area (Å²) in [4.78, 5) is 4.95. The first-order chi connectivity index (χ1) is 24.9. The second kappa shape index (κ2) is 11.2. The Morgan fingerprint density at radius 3 is 1.89 bits per heavy atom. The van der Waals surface area contributed by atoms with Crippen molar-refractivity contribution in [3.63, 3.8) is 0 Å². The Morgan fingerprint density at radius 1 is 0.585 bits per heavy atom. The van der Waals surface area contributed by atoms with E-state index in [1.165, 1.54) is 85.2 Å². The van der Waals surface area contributed by atoms with E-state index in [0.29, 0.717) is 0 Å². The Balaban J connectivity index is 1.36. The van der Waals surface area contributed by atoms with Gasteiger partial charge in [0.25, 0.3) is 6.71 Å². The minimum atomic E-state index is 0.00369. The maximum absolute atomic E-state index is 7.13. The maximum atomic E-state index is 7.13. The van der Waals surface area contributed by atoms with Gasteiger partial charge in [-0.2, -0.15) is 0 Å². The lowest BCUT2D eigenvalue weighted by Crippen LogP contribution is -2.61. The zero-order chi connectivity index (χ0) is 37.4. The van der Waals surface area contributed by atoms with Crippen LogP contribution < -0.4 is 26.2 Å². The molecule has 0 N–H and O–H groups in total. The maximum Gasteiger partial charge on any atom is 0.257 e. The molecule has 0 amide bonds. The van der Waals surface area contributed by atoms with Crippen LogP contribution in [-0.2, 0) is 21.7 Å². The van der Waals surface area contributed by atoms with Crippen LogP contribution in [0.3, 0.4) is 0 Å². The molecule has 0 saturated heterocycles. The third kappa shape index (κ3) is 5.15. The van der Waals surface area contributed by atoms with Crippen molar-refractivity contribution >= 4 is 68.4 Å². The smallest absolute Gasteiger partial charge is 0.257 e. The molecule has 3 nitrogen and oxygen atoms in total. The van der Waals surface area contributed by atoms with Crippen molar-refractivity contribution in [3.05, 3.63) is 125 Å². The highest BCUT2D eigenvalue weighted by Crippen LogP contribution is 2.50. The Bertz CT molecular complexity index is 2450. The van der Waals surface area contributed by atoms with Gasteiger partial charge in [-0.3, -0.25) is 4.90 Å². The van der Waals surface area contributed by atoms with Crippen molar-refractivity contribution in [3.8, 4) is 0 Å². The fourth-order valence-electron chi connectivity index (χ4n) is 9.41. The van der Waals surface area contributed by atoms with Crippen LogP contribution in [0.5, 0.6) is 0 Å². The molecule has 0 radical (unpaired) electrons. The Hall–Kier alpha value is -4.70. The van der Waals surface area contributed by atoms with Crippen LogP contribution in [0.4, 0.5) is 34.3 Å². The summed E-state index contributed by atoms with van der Waals surface area (Å²) in [5.74, 6) is 0.934. The van der Waals surface area contributed by atoms with Crippen LogP contribution in [0.1, 0.15) is 110 Å². The lowest BCUT2D eigenvalue weighted by atomic mass is 9.33. The van der Waals surface area contributed by atoms with Gasteiger partial charge >= 0.3 is 0 Å². The van der Waals surface area contributed by atoms with Gasteiger partial charge in [-0.1, -0.05) is 117 Å². The largest absolute Gasteiger partial charge is 0.440 e. The second-order valence-corrected chi connectivity index (χ2v) is 19.5. The molecule has 0 spiro atoms. The molecule has 268 valence electrons. The Kier molecular flexibility index (Phi) is 7.18. The monoisotopic (exact) mass is 696 g/mol. The highest BCUT2D eigenvalue weighted by molar-refractivity contribution is 7.01. The predicted octanol–water partition coefficient (Wildman–Crippen LogP) is 11.8. The van der Waals surface area contributed by atoms with E-state index in [4.69, 9.17) is 4.42 Å². The first-order valence-corrected chi connectivity index (χ1v) is 19.6. The summed E-state index contributed by atoms with van der Waals surface area (Å²) in [5.41, 5.74) is 18.0. The first kappa shape index (κ1) is 34.1. The molecular formula is C49H53BN2O. The van der Waals surface area contributed by atoms with Gasteiger partial charge in [0.2, 0.25) is 5.88 Å². The summed E-state index contributed by atoms with van der Waals surface area (Å²) in [6, 6.07) is 37.3. The number of rotatable bonds is 2. The minimum Gasteiger partial charge on any atom is -0.440 e. The summed E-state index contributed by atoms with van der Waals surface area (Å²) in [5, 5.41) is 1.21. The molecule has 1 aliphatic carbocycles. The van der Waals surface area contributed by atoms with E-state index in [1.807, 2.05) is 0 Å². The Labute approximate surface area is 317 Å². The third-order valence-electron chi connectivity index (χ3n) is 12.7. The number of anilines is 6. The van der Waals surface area contributed by atoms with Gasteiger partial charge < -0.3 is 9.32 Å². The van der Waals surface area contributed by atoms with E-state index in [0.717, 1.165) is 17.2 Å². The normalized spacial score (nSPS) is 17.0. The van der Waals surface area contributed by atoms with Crippen LogP contribution in [0.25, 0.3) is 11.0 Å². The number of aryl methyl sites for hydroxylation is 1. The average Bonchev–Trinajstić information content (AvgIpc) is 3.48. The molecule has 4 heteroatoms. The number of nitrogens with zero attached hydrogens (tertiary/aromatic N) is 2. The summed E-state index contributed by atoms with van der Waals surface area (Å²) in [7, 11) is 0. The SMILES string of the molecule is Cc1ccc2c(c1)B1c3c(cccc3N(c3ccc4c(c3)C(C)(C)CCC4(C)C)c3oc4ccc(C(C)(C)C)cc4c31)N2c1ccc(C(C)(C)C)cc1. The molecule has 9 rings (SSSR count). The van der Waals surface area contributed by atoms with E-state index in [2.05, 4.69) is 183 Å². The van der Waals surface area contributed by atoms with Gasteiger partial charge in [-0.15, -0.1) is 0 Å². The van der Waals surface area contributed by atoms with Crippen molar-refractivity contribution < 1.29 is 4.42 Å². The molecule has 0 fully saturated rings. The highest BCUT2D eigenvalue weighted by Gasteiger charge is 2.47. The van der Waals surface area contributed by atoms with Crippen LogP contribution in [0.2, 0.25) is 0 Å². The lowest BCUT2D eigenvalue weighted by Gasteiger charge is -2.44. The minimum absolute atomic E-state index is 0.00369. The Morgan fingerprint density at radius 2 is 1.21 bits per heavy atom. The van der Waals surface area contributed by atoms with Gasteiger partial charge in [0, 0.05) is 39.3 Å². The van der Waals surface area contributed by atoms with E-state index < -0.39 is 0 Å². The van der Waals surface area contributed by atoms with Crippen LogP contribution in [0, 0.1) is 6.92 Å².